The van der Waals surface area contributed by atoms with Crippen molar-refractivity contribution in [2.24, 2.45) is 5.92 Å². The van der Waals surface area contributed by atoms with Gasteiger partial charge in [-0.1, -0.05) is 36.8 Å². The first-order chi connectivity index (χ1) is 14.5. The van der Waals surface area contributed by atoms with E-state index in [1.807, 2.05) is 37.4 Å². The smallest absolute Gasteiger partial charge is 0.325 e. The summed E-state index contributed by atoms with van der Waals surface area (Å²) in [4.78, 5) is 43.4. The van der Waals surface area contributed by atoms with Crippen molar-refractivity contribution in [1.82, 2.24) is 20.0 Å². The monoisotopic (exact) mass is 412 g/mol. The lowest BCUT2D eigenvalue weighted by Crippen LogP contribution is -2.51. The SMILES string of the molecule is CN(CC1CCCN2CCCCC12)C(=O)CC1NC(=O)N(Cc2ccccc2)C1=O. The van der Waals surface area contributed by atoms with Gasteiger partial charge in [0.2, 0.25) is 5.91 Å². The van der Waals surface area contributed by atoms with Crippen LogP contribution in [-0.4, -0.2) is 71.3 Å². The van der Waals surface area contributed by atoms with E-state index in [9.17, 15) is 14.4 Å². The molecule has 0 bridgehead atoms. The number of carbonyl (C=O) groups is 3. The molecule has 30 heavy (non-hydrogen) atoms. The summed E-state index contributed by atoms with van der Waals surface area (Å²) in [6, 6.07) is 8.80. The summed E-state index contributed by atoms with van der Waals surface area (Å²) in [6.07, 6.45) is 6.14. The van der Waals surface area contributed by atoms with Crippen molar-refractivity contribution in [2.45, 2.75) is 57.2 Å². The van der Waals surface area contributed by atoms with E-state index < -0.39 is 12.1 Å². The van der Waals surface area contributed by atoms with Crippen LogP contribution in [0.15, 0.2) is 30.3 Å². The molecule has 3 aliphatic rings. The fourth-order valence-corrected chi connectivity index (χ4v) is 5.21. The van der Waals surface area contributed by atoms with E-state index in [1.165, 1.54) is 43.7 Å². The molecule has 7 nitrogen and oxygen atoms in total. The Kier molecular flexibility index (Phi) is 6.37. The maximum Gasteiger partial charge on any atom is 0.325 e. The number of urea groups is 1. The van der Waals surface area contributed by atoms with Gasteiger partial charge in [-0.15, -0.1) is 0 Å². The first-order valence-electron chi connectivity index (χ1n) is 11.2. The Bertz CT molecular complexity index is 782. The number of amides is 4. The second-order valence-corrected chi connectivity index (χ2v) is 8.89. The Morgan fingerprint density at radius 2 is 1.87 bits per heavy atom. The third kappa shape index (κ3) is 4.51. The van der Waals surface area contributed by atoms with Crippen molar-refractivity contribution in [1.29, 1.82) is 0 Å². The third-order valence-corrected chi connectivity index (χ3v) is 6.83. The molecule has 1 aromatic rings. The average molecular weight is 413 g/mol. The van der Waals surface area contributed by atoms with Gasteiger partial charge in [-0.25, -0.2) is 4.79 Å². The second kappa shape index (κ2) is 9.16. The Hall–Kier alpha value is -2.41. The molecule has 0 aromatic heterocycles. The van der Waals surface area contributed by atoms with Crippen LogP contribution in [0, 0.1) is 5.92 Å². The van der Waals surface area contributed by atoms with Gasteiger partial charge >= 0.3 is 6.03 Å². The molecule has 3 aliphatic heterocycles. The van der Waals surface area contributed by atoms with Crippen molar-refractivity contribution in [3.63, 3.8) is 0 Å². The van der Waals surface area contributed by atoms with E-state index in [2.05, 4.69) is 10.2 Å². The molecule has 0 spiro atoms. The van der Waals surface area contributed by atoms with E-state index in [1.54, 1.807) is 4.90 Å². The highest BCUT2D eigenvalue weighted by atomic mass is 16.2. The van der Waals surface area contributed by atoms with Crippen LogP contribution in [0.5, 0.6) is 0 Å². The Labute approximate surface area is 178 Å². The summed E-state index contributed by atoms with van der Waals surface area (Å²) in [6.45, 7) is 3.31. The Morgan fingerprint density at radius 1 is 1.10 bits per heavy atom. The topological polar surface area (TPSA) is 73.0 Å². The van der Waals surface area contributed by atoms with E-state index in [0.29, 0.717) is 12.0 Å². The van der Waals surface area contributed by atoms with Crippen LogP contribution in [-0.2, 0) is 16.1 Å². The lowest BCUT2D eigenvalue weighted by atomic mass is 9.83. The normalized spacial score (nSPS) is 27.0. The number of fused-ring (bicyclic) bond motifs is 1. The van der Waals surface area contributed by atoms with Crippen LogP contribution in [0.1, 0.15) is 44.1 Å². The maximum absolute atomic E-state index is 12.8. The fourth-order valence-electron chi connectivity index (χ4n) is 5.21. The zero-order valence-corrected chi connectivity index (χ0v) is 17.8. The van der Waals surface area contributed by atoms with Crippen molar-refractivity contribution in [2.75, 3.05) is 26.7 Å². The number of nitrogens with zero attached hydrogens (tertiary/aromatic N) is 3. The molecule has 3 heterocycles. The summed E-state index contributed by atoms with van der Waals surface area (Å²) >= 11 is 0. The van der Waals surface area contributed by atoms with E-state index in [0.717, 1.165) is 18.5 Å². The predicted molar refractivity (Wildman–Crippen MR) is 114 cm³/mol. The maximum atomic E-state index is 12.8. The molecule has 3 unspecified atom stereocenters. The molecule has 4 amide bonds. The molecule has 4 rings (SSSR count). The second-order valence-electron chi connectivity index (χ2n) is 8.89. The largest absolute Gasteiger partial charge is 0.345 e. The fraction of sp³-hybridized carbons (Fsp3) is 0.609. The molecule has 7 heteroatoms. The van der Waals surface area contributed by atoms with Gasteiger partial charge in [0.25, 0.3) is 5.91 Å². The van der Waals surface area contributed by atoms with Crippen molar-refractivity contribution < 1.29 is 14.4 Å². The lowest BCUT2D eigenvalue weighted by Gasteiger charge is -2.45. The Morgan fingerprint density at radius 3 is 2.67 bits per heavy atom. The number of carbonyl (C=O) groups excluding carboxylic acids is 3. The average Bonchev–Trinajstić information content (AvgIpc) is 3.02. The molecule has 3 fully saturated rings. The van der Waals surface area contributed by atoms with Crippen molar-refractivity contribution in [3.05, 3.63) is 35.9 Å². The molecule has 1 N–H and O–H groups in total. The van der Waals surface area contributed by atoms with Crippen LogP contribution in [0.4, 0.5) is 4.79 Å². The molecule has 1 aromatic carbocycles. The van der Waals surface area contributed by atoms with Crippen LogP contribution >= 0.6 is 0 Å². The van der Waals surface area contributed by atoms with E-state index in [-0.39, 0.29) is 24.8 Å². The molecule has 162 valence electrons. The number of hydrogen-bond acceptors (Lipinski definition) is 4. The number of benzene rings is 1. The van der Waals surface area contributed by atoms with E-state index in [4.69, 9.17) is 0 Å². The number of imide groups is 1. The minimum atomic E-state index is -0.770. The summed E-state index contributed by atoms with van der Waals surface area (Å²) in [5.74, 6) is 0.0984. The number of rotatable bonds is 6. The first kappa shape index (κ1) is 20.8. The zero-order valence-electron chi connectivity index (χ0n) is 17.8. The van der Waals surface area contributed by atoms with Crippen molar-refractivity contribution in [3.8, 4) is 0 Å². The van der Waals surface area contributed by atoms with Gasteiger partial charge in [0.1, 0.15) is 6.04 Å². The van der Waals surface area contributed by atoms with Gasteiger partial charge in [0.05, 0.1) is 13.0 Å². The van der Waals surface area contributed by atoms with Gasteiger partial charge in [0, 0.05) is 19.6 Å². The quantitative estimate of drug-likeness (QED) is 0.727. The van der Waals surface area contributed by atoms with Crippen molar-refractivity contribution >= 4 is 17.8 Å². The van der Waals surface area contributed by atoms with Gasteiger partial charge in [-0.2, -0.15) is 0 Å². The standard InChI is InChI=1S/C23H32N4O3/c1-25(16-18-10-7-13-26-12-6-5-11-20(18)26)21(28)14-19-22(29)27(23(30)24-19)15-17-8-3-2-4-9-17/h2-4,8-9,18-20H,5-7,10-16H2,1H3,(H,24,30). The number of hydrogen-bond donors (Lipinski definition) is 1. The summed E-state index contributed by atoms with van der Waals surface area (Å²) in [7, 11) is 1.83. The van der Waals surface area contributed by atoms with Gasteiger partial charge < -0.3 is 15.1 Å². The molecule has 0 aliphatic carbocycles. The molecule has 3 atom stereocenters. The van der Waals surface area contributed by atoms with E-state index >= 15 is 0 Å². The molecule has 3 saturated heterocycles. The molecule has 0 saturated carbocycles. The van der Waals surface area contributed by atoms with Crippen LogP contribution < -0.4 is 5.32 Å². The van der Waals surface area contributed by atoms with Crippen LogP contribution in [0.25, 0.3) is 0 Å². The van der Waals surface area contributed by atoms with Gasteiger partial charge in [-0.05, 0) is 50.3 Å². The highest BCUT2D eigenvalue weighted by molar-refractivity contribution is 6.05. The highest BCUT2D eigenvalue weighted by Gasteiger charge is 2.40. The minimum Gasteiger partial charge on any atom is -0.345 e. The molecular weight excluding hydrogens is 380 g/mol. The summed E-state index contributed by atoms with van der Waals surface area (Å²) < 4.78 is 0. The van der Waals surface area contributed by atoms with Gasteiger partial charge in [0.15, 0.2) is 0 Å². The minimum absolute atomic E-state index is 0.0213. The zero-order chi connectivity index (χ0) is 21.1. The predicted octanol–water partition coefficient (Wildman–Crippen LogP) is 2.22. The summed E-state index contributed by atoms with van der Waals surface area (Å²) in [5, 5.41) is 2.69. The molecule has 0 radical (unpaired) electrons. The highest BCUT2D eigenvalue weighted by Crippen LogP contribution is 2.31. The lowest BCUT2D eigenvalue weighted by molar-refractivity contribution is -0.135. The number of nitrogens with one attached hydrogen (secondary N) is 1. The first-order valence-corrected chi connectivity index (χ1v) is 11.2. The van der Waals surface area contributed by atoms with Crippen LogP contribution in [0.3, 0.4) is 0 Å². The molecular formula is C23H32N4O3. The summed E-state index contributed by atoms with van der Waals surface area (Å²) in [5.41, 5.74) is 0.888. The Balaban J connectivity index is 1.32. The van der Waals surface area contributed by atoms with Gasteiger partial charge in [-0.3, -0.25) is 14.5 Å². The van der Waals surface area contributed by atoms with Crippen LogP contribution in [0.2, 0.25) is 0 Å². The third-order valence-electron chi connectivity index (χ3n) is 6.83. The number of piperidine rings is 2.